The summed E-state index contributed by atoms with van der Waals surface area (Å²) in [6, 6.07) is 26.3. The molecule has 2 aliphatic rings. The van der Waals surface area contributed by atoms with Gasteiger partial charge in [-0.3, -0.25) is 9.59 Å². The molecule has 65 heavy (non-hydrogen) atoms. The molecule has 2 aromatic heterocycles. The highest BCUT2D eigenvalue weighted by Gasteiger charge is 2.30. The number of rotatable bonds is 10. The molecule has 6 aromatic rings. The van der Waals surface area contributed by atoms with Crippen molar-refractivity contribution in [2.24, 2.45) is 11.8 Å². The number of hydrogen-bond acceptors (Lipinski definition) is 12. The van der Waals surface area contributed by atoms with Gasteiger partial charge in [0.2, 0.25) is 0 Å². The van der Waals surface area contributed by atoms with E-state index in [1.807, 2.05) is 102 Å². The van der Waals surface area contributed by atoms with Gasteiger partial charge in [-0.2, -0.15) is 0 Å². The number of aliphatic hydroxyl groups excluding tert-OH is 2. The van der Waals surface area contributed by atoms with Crippen LogP contribution in [0.5, 0.6) is 11.5 Å². The van der Waals surface area contributed by atoms with E-state index < -0.39 is 12.2 Å². The van der Waals surface area contributed by atoms with E-state index in [2.05, 4.69) is 9.80 Å². The lowest BCUT2D eigenvalue weighted by Crippen LogP contribution is -2.52. The quantitative estimate of drug-likeness (QED) is 0.109. The Bertz CT molecular complexity index is 2430. The van der Waals surface area contributed by atoms with Gasteiger partial charge in [-0.1, -0.05) is 64.1 Å². The Kier molecular flexibility index (Phi) is 15.8. The smallest absolute Gasteiger partial charge is 0.251 e. The van der Waals surface area contributed by atoms with Crippen molar-refractivity contribution in [3.8, 4) is 34.3 Å². The summed E-state index contributed by atoms with van der Waals surface area (Å²) < 4.78 is 0. The molecule has 0 spiro atoms. The van der Waals surface area contributed by atoms with Crippen LogP contribution in [0, 0.1) is 25.7 Å². The number of aliphatic hydroxyl groups is 2. The Morgan fingerprint density at radius 3 is 1.23 bits per heavy atom. The van der Waals surface area contributed by atoms with E-state index in [9.17, 15) is 30.0 Å². The number of anilines is 2. The van der Waals surface area contributed by atoms with Gasteiger partial charge in [-0.05, 0) is 98.2 Å². The van der Waals surface area contributed by atoms with E-state index in [0.717, 1.165) is 44.6 Å². The molecule has 2 fully saturated rings. The Balaban J connectivity index is 0.000000212. The third kappa shape index (κ3) is 11.4. The number of hydrogen-bond donors (Lipinski definition) is 4. The number of carbonyl (C=O) groups excluding carboxylic acids is 2. The molecule has 0 saturated carbocycles. The Morgan fingerprint density at radius 2 is 0.892 bits per heavy atom. The second-order valence-corrected chi connectivity index (χ2v) is 17.7. The van der Waals surface area contributed by atoms with Crippen LogP contribution in [-0.2, 0) is 9.59 Å². The number of nitrogens with zero attached hydrogens (tertiary/aromatic N) is 8. The standard InChI is InChI=1S/2C25H30N4O3.ClH/c2*1-16(2)14-22(31)25(32)29-12-10-28(11-13-29)24-18-9-8-17(3)15-20(18)26-23(27-24)19-6-4-5-7-21(19)30;/h2*4-9,15-16,22,30-31H,10-14H2,1-3H3;1H/t2*22-;/m00./s1. The largest absolute Gasteiger partial charge is 0.507 e. The zero-order chi connectivity index (χ0) is 45.7. The predicted octanol–water partition coefficient (Wildman–Crippen LogP) is 7.15. The summed E-state index contributed by atoms with van der Waals surface area (Å²) in [6.07, 6.45) is -0.952. The SMILES string of the molecule is Cc1ccc2c(N3CCN(C(=O)[C@@H](O)CC(C)C)CC3)nc(-c3ccccc3O)nc2c1.Cc1ccc2c(N3CCN(C(=O)[C@@H](O)CC(C)C)CC3)nc(-c3ccccc3O)nc2c1.Cl. The summed E-state index contributed by atoms with van der Waals surface area (Å²) in [5.41, 5.74) is 5.00. The monoisotopic (exact) mass is 904 g/mol. The van der Waals surface area contributed by atoms with Crippen LogP contribution in [0.1, 0.15) is 51.7 Å². The number of benzene rings is 4. The van der Waals surface area contributed by atoms with Gasteiger partial charge in [0.15, 0.2) is 11.6 Å². The first kappa shape index (κ1) is 48.4. The van der Waals surface area contributed by atoms with Crippen LogP contribution in [0.25, 0.3) is 44.6 Å². The molecule has 0 aliphatic carbocycles. The third-order valence-electron chi connectivity index (χ3n) is 11.7. The first-order valence-corrected chi connectivity index (χ1v) is 22.2. The maximum atomic E-state index is 12.6. The van der Waals surface area contributed by atoms with E-state index >= 15 is 0 Å². The van der Waals surface area contributed by atoms with E-state index in [1.165, 1.54) is 0 Å². The van der Waals surface area contributed by atoms with E-state index in [-0.39, 0.29) is 47.6 Å². The number of amides is 2. The number of carbonyl (C=O) groups is 2. The molecular formula is C50H61ClN8O6. The lowest BCUT2D eigenvalue weighted by atomic mass is 10.0. The first-order chi connectivity index (χ1) is 30.7. The molecule has 0 unspecified atom stereocenters. The van der Waals surface area contributed by atoms with Gasteiger partial charge in [0.1, 0.15) is 35.3 Å². The van der Waals surface area contributed by atoms with Gasteiger partial charge in [0.05, 0.1) is 22.2 Å². The third-order valence-corrected chi connectivity index (χ3v) is 11.7. The maximum Gasteiger partial charge on any atom is 0.251 e. The summed E-state index contributed by atoms with van der Waals surface area (Å²) in [5.74, 6) is 2.95. The lowest BCUT2D eigenvalue weighted by Gasteiger charge is -2.37. The number of aryl methyl sites for hydroxylation is 2. The van der Waals surface area contributed by atoms with Gasteiger partial charge in [0.25, 0.3) is 11.8 Å². The lowest BCUT2D eigenvalue weighted by molar-refractivity contribution is -0.141. The van der Waals surface area contributed by atoms with E-state index in [1.54, 1.807) is 34.1 Å². The highest BCUT2D eigenvalue weighted by Crippen LogP contribution is 2.34. The van der Waals surface area contributed by atoms with Crippen LogP contribution in [0.4, 0.5) is 11.6 Å². The molecule has 2 atom stereocenters. The summed E-state index contributed by atoms with van der Waals surface area (Å²) in [7, 11) is 0. The first-order valence-electron chi connectivity index (χ1n) is 22.2. The average Bonchev–Trinajstić information content (AvgIpc) is 3.27. The summed E-state index contributed by atoms with van der Waals surface area (Å²) in [6.45, 7) is 16.6. The molecule has 2 saturated heterocycles. The highest BCUT2D eigenvalue weighted by atomic mass is 35.5. The molecule has 2 aliphatic heterocycles. The second-order valence-electron chi connectivity index (χ2n) is 17.7. The molecular weight excluding hydrogens is 844 g/mol. The molecule has 4 N–H and O–H groups in total. The molecule has 8 rings (SSSR count). The van der Waals surface area contributed by atoms with Crippen LogP contribution < -0.4 is 9.80 Å². The van der Waals surface area contributed by atoms with Crippen molar-refractivity contribution in [2.45, 2.75) is 66.6 Å². The fraction of sp³-hybridized carbons (Fsp3) is 0.400. The Labute approximate surface area is 387 Å². The fourth-order valence-electron chi connectivity index (χ4n) is 8.29. The minimum atomic E-state index is -0.947. The van der Waals surface area contributed by atoms with E-state index in [0.29, 0.717) is 88.0 Å². The number of phenols is 2. The number of fused-ring (bicyclic) bond motifs is 2. The Morgan fingerprint density at radius 1 is 0.538 bits per heavy atom. The molecule has 4 aromatic carbocycles. The van der Waals surface area contributed by atoms with Crippen LogP contribution in [0.2, 0.25) is 0 Å². The molecule has 4 heterocycles. The van der Waals surface area contributed by atoms with Crippen LogP contribution in [0.3, 0.4) is 0 Å². The number of halogens is 1. The van der Waals surface area contributed by atoms with E-state index in [4.69, 9.17) is 19.9 Å². The highest BCUT2D eigenvalue weighted by molar-refractivity contribution is 5.93. The molecule has 0 bridgehead atoms. The van der Waals surface area contributed by atoms with Gasteiger partial charge < -0.3 is 40.0 Å². The number of aromatic hydroxyl groups is 2. The van der Waals surface area contributed by atoms with Gasteiger partial charge in [-0.25, -0.2) is 19.9 Å². The zero-order valence-corrected chi connectivity index (χ0v) is 38.9. The van der Waals surface area contributed by atoms with Crippen molar-refractivity contribution >= 4 is 57.7 Å². The van der Waals surface area contributed by atoms with Crippen molar-refractivity contribution in [2.75, 3.05) is 62.2 Å². The molecule has 15 heteroatoms. The minimum absolute atomic E-state index is 0. The normalized spacial score (nSPS) is 15.2. The number of aromatic nitrogens is 4. The molecule has 2 amide bonds. The zero-order valence-electron chi connectivity index (χ0n) is 38.1. The topological polar surface area (TPSA) is 180 Å². The summed E-state index contributed by atoms with van der Waals surface area (Å²) in [4.78, 5) is 52.1. The molecule has 344 valence electrons. The van der Waals surface area contributed by atoms with Crippen molar-refractivity contribution in [1.82, 2.24) is 29.7 Å². The van der Waals surface area contributed by atoms with Gasteiger partial charge >= 0.3 is 0 Å². The Hall–Kier alpha value is -6.09. The summed E-state index contributed by atoms with van der Waals surface area (Å²) in [5, 5.41) is 43.0. The molecule has 0 radical (unpaired) electrons. The summed E-state index contributed by atoms with van der Waals surface area (Å²) >= 11 is 0. The van der Waals surface area contributed by atoms with Crippen molar-refractivity contribution in [3.63, 3.8) is 0 Å². The van der Waals surface area contributed by atoms with Crippen LogP contribution in [0.15, 0.2) is 84.9 Å². The second kappa shape index (κ2) is 21.3. The molecule has 14 nitrogen and oxygen atoms in total. The fourth-order valence-corrected chi connectivity index (χ4v) is 8.29. The van der Waals surface area contributed by atoms with Crippen LogP contribution >= 0.6 is 12.4 Å². The van der Waals surface area contributed by atoms with Crippen molar-refractivity contribution < 1.29 is 30.0 Å². The van der Waals surface area contributed by atoms with Crippen molar-refractivity contribution in [3.05, 3.63) is 96.1 Å². The number of phenolic OH excluding ortho intramolecular Hbond substituents is 2. The van der Waals surface area contributed by atoms with Gasteiger partial charge in [0, 0.05) is 63.1 Å². The van der Waals surface area contributed by atoms with Crippen molar-refractivity contribution in [1.29, 1.82) is 0 Å². The number of piperazine rings is 2. The predicted molar refractivity (Wildman–Crippen MR) is 259 cm³/mol. The van der Waals surface area contributed by atoms with Crippen LogP contribution in [-0.4, -0.2) is 127 Å². The number of para-hydroxylation sites is 2. The minimum Gasteiger partial charge on any atom is -0.507 e. The average molecular weight is 906 g/mol. The maximum absolute atomic E-state index is 12.6. The van der Waals surface area contributed by atoms with Gasteiger partial charge in [-0.15, -0.1) is 12.4 Å².